The second kappa shape index (κ2) is 3.62. The maximum absolute atomic E-state index is 11.9. The van der Waals surface area contributed by atoms with E-state index in [-0.39, 0.29) is 11.4 Å². The van der Waals surface area contributed by atoms with Crippen molar-refractivity contribution in [2.45, 2.75) is 24.6 Å². The van der Waals surface area contributed by atoms with E-state index in [4.69, 9.17) is 5.73 Å². The zero-order chi connectivity index (χ0) is 11.8. The third kappa shape index (κ3) is 2.63. The molecular formula is C10H11F3N2O. The summed E-state index contributed by atoms with van der Waals surface area (Å²) in [6, 6.07) is 3.17. The number of nitrogens with zero attached hydrogens (tertiary/aromatic N) is 1. The van der Waals surface area contributed by atoms with Crippen molar-refractivity contribution in [2.24, 2.45) is 5.73 Å². The van der Waals surface area contributed by atoms with Crippen LogP contribution < -0.4 is 10.5 Å². The van der Waals surface area contributed by atoms with Crippen LogP contribution in [0.1, 0.15) is 18.4 Å². The third-order valence-electron chi connectivity index (χ3n) is 2.48. The van der Waals surface area contributed by atoms with Gasteiger partial charge >= 0.3 is 6.18 Å². The van der Waals surface area contributed by atoms with Gasteiger partial charge in [0.25, 0.3) is 0 Å². The Morgan fingerprint density at radius 3 is 2.69 bits per heavy atom. The smallest absolute Gasteiger partial charge is 0.422 e. The fourth-order valence-electron chi connectivity index (χ4n) is 1.38. The summed E-state index contributed by atoms with van der Waals surface area (Å²) in [5.74, 6) is -0.0356. The Balaban J connectivity index is 2.05. The average molecular weight is 232 g/mol. The minimum Gasteiger partial charge on any atom is -0.468 e. The van der Waals surface area contributed by atoms with Gasteiger partial charge in [-0.2, -0.15) is 13.2 Å². The molecule has 0 spiro atoms. The minimum atomic E-state index is -4.35. The first-order valence-electron chi connectivity index (χ1n) is 4.84. The summed E-state index contributed by atoms with van der Waals surface area (Å²) < 4.78 is 40.3. The number of aromatic nitrogens is 1. The molecule has 0 unspecified atom stereocenters. The molecule has 1 heterocycles. The zero-order valence-corrected chi connectivity index (χ0v) is 8.42. The molecule has 1 fully saturated rings. The normalized spacial score (nSPS) is 18.2. The van der Waals surface area contributed by atoms with Crippen molar-refractivity contribution in [2.75, 3.05) is 6.61 Å². The van der Waals surface area contributed by atoms with E-state index in [0.717, 1.165) is 18.4 Å². The lowest BCUT2D eigenvalue weighted by atomic mass is 10.1. The Kier molecular flexibility index (Phi) is 2.53. The van der Waals surface area contributed by atoms with Gasteiger partial charge in [-0.25, -0.2) is 4.98 Å². The maximum Gasteiger partial charge on any atom is 0.422 e. The highest BCUT2D eigenvalue weighted by molar-refractivity contribution is 5.31. The monoisotopic (exact) mass is 232 g/mol. The first-order chi connectivity index (χ1) is 7.39. The SMILES string of the molecule is NC1(c2ccnc(OCC(F)(F)F)c2)CC1. The van der Waals surface area contributed by atoms with Crippen molar-refractivity contribution in [1.29, 1.82) is 0 Å². The summed E-state index contributed by atoms with van der Waals surface area (Å²) in [7, 11) is 0. The topological polar surface area (TPSA) is 48.1 Å². The predicted molar refractivity (Wildman–Crippen MR) is 50.9 cm³/mol. The van der Waals surface area contributed by atoms with Gasteiger partial charge in [0.15, 0.2) is 6.61 Å². The Labute approximate surface area is 90.4 Å². The van der Waals surface area contributed by atoms with Crippen LogP contribution in [0.5, 0.6) is 5.88 Å². The third-order valence-corrected chi connectivity index (χ3v) is 2.48. The molecule has 0 atom stereocenters. The fourth-order valence-corrected chi connectivity index (χ4v) is 1.38. The number of alkyl halides is 3. The van der Waals surface area contributed by atoms with Crippen molar-refractivity contribution >= 4 is 0 Å². The number of nitrogens with two attached hydrogens (primary N) is 1. The molecule has 16 heavy (non-hydrogen) atoms. The second-order valence-electron chi connectivity index (χ2n) is 3.94. The highest BCUT2D eigenvalue weighted by Crippen LogP contribution is 2.43. The van der Waals surface area contributed by atoms with Crippen LogP contribution in [-0.4, -0.2) is 17.8 Å². The molecule has 1 aliphatic carbocycles. The molecule has 2 rings (SSSR count). The molecule has 1 aromatic heterocycles. The number of ether oxygens (including phenoxy) is 1. The van der Waals surface area contributed by atoms with E-state index in [1.165, 1.54) is 12.3 Å². The summed E-state index contributed by atoms with van der Waals surface area (Å²) in [5, 5.41) is 0. The Morgan fingerprint density at radius 1 is 1.44 bits per heavy atom. The van der Waals surface area contributed by atoms with Gasteiger partial charge in [0.2, 0.25) is 5.88 Å². The molecule has 0 radical (unpaired) electrons. The van der Waals surface area contributed by atoms with Crippen molar-refractivity contribution in [1.82, 2.24) is 4.98 Å². The van der Waals surface area contributed by atoms with Gasteiger partial charge in [-0.3, -0.25) is 0 Å². The molecule has 88 valence electrons. The van der Waals surface area contributed by atoms with Crippen LogP contribution in [0.2, 0.25) is 0 Å². The molecule has 0 saturated heterocycles. The molecule has 1 aliphatic rings. The molecule has 3 nitrogen and oxygen atoms in total. The van der Waals surface area contributed by atoms with Gasteiger partial charge in [-0.1, -0.05) is 0 Å². The van der Waals surface area contributed by atoms with Gasteiger partial charge in [-0.05, 0) is 24.5 Å². The molecule has 1 aromatic rings. The van der Waals surface area contributed by atoms with Crippen LogP contribution in [0.25, 0.3) is 0 Å². The van der Waals surface area contributed by atoms with E-state index in [1.807, 2.05) is 0 Å². The number of pyridine rings is 1. The number of rotatable bonds is 3. The van der Waals surface area contributed by atoms with E-state index in [0.29, 0.717) is 0 Å². The average Bonchev–Trinajstić information content (AvgIpc) is 2.95. The van der Waals surface area contributed by atoms with Crippen LogP contribution in [-0.2, 0) is 5.54 Å². The summed E-state index contributed by atoms with van der Waals surface area (Å²) >= 11 is 0. The Morgan fingerprint density at radius 2 is 2.12 bits per heavy atom. The van der Waals surface area contributed by atoms with E-state index < -0.39 is 12.8 Å². The molecule has 0 aliphatic heterocycles. The molecule has 2 N–H and O–H groups in total. The standard InChI is InChI=1S/C10H11F3N2O/c11-10(12,13)6-16-8-5-7(1-4-15-8)9(14)2-3-9/h1,4-5H,2-3,6,14H2. The van der Waals surface area contributed by atoms with E-state index in [2.05, 4.69) is 9.72 Å². The van der Waals surface area contributed by atoms with E-state index in [1.54, 1.807) is 6.07 Å². The van der Waals surface area contributed by atoms with Crippen LogP contribution in [0, 0.1) is 0 Å². The number of halogens is 3. The molecule has 0 bridgehead atoms. The second-order valence-corrected chi connectivity index (χ2v) is 3.94. The van der Waals surface area contributed by atoms with E-state index >= 15 is 0 Å². The van der Waals surface area contributed by atoms with Gasteiger partial charge < -0.3 is 10.5 Å². The fraction of sp³-hybridized carbons (Fsp3) is 0.500. The summed E-state index contributed by atoms with van der Waals surface area (Å²) in [6.07, 6.45) is -1.25. The molecule has 0 amide bonds. The predicted octanol–water partition coefficient (Wildman–Crippen LogP) is 1.97. The maximum atomic E-state index is 11.9. The largest absolute Gasteiger partial charge is 0.468 e. The number of hydrogen-bond donors (Lipinski definition) is 1. The van der Waals surface area contributed by atoms with Crippen molar-refractivity contribution in [3.63, 3.8) is 0 Å². The van der Waals surface area contributed by atoms with Crippen LogP contribution in [0.4, 0.5) is 13.2 Å². The van der Waals surface area contributed by atoms with Gasteiger partial charge in [0.05, 0.1) is 0 Å². The minimum absolute atomic E-state index is 0.0356. The highest BCUT2D eigenvalue weighted by atomic mass is 19.4. The van der Waals surface area contributed by atoms with Gasteiger partial charge in [-0.15, -0.1) is 0 Å². The zero-order valence-electron chi connectivity index (χ0n) is 8.42. The van der Waals surface area contributed by atoms with Crippen molar-refractivity contribution < 1.29 is 17.9 Å². The van der Waals surface area contributed by atoms with Crippen LogP contribution >= 0.6 is 0 Å². The molecule has 0 aromatic carbocycles. The summed E-state index contributed by atoms with van der Waals surface area (Å²) in [4.78, 5) is 3.71. The molecule has 1 saturated carbocycles. The lowest BCUT2D eigenvalue weighted by Crippen LogP contribution is -2.21. The Hall–Kier alpha value is -1.30. The lowest BCUT2D eigenvalue weighted by molar-refractivity contribution is -0.154. The molecular weight excluding hydrogens is 221 g/mol. The van der Waals surface area contributed by atoms with E-state index in [9.17, 15) is 13.2 Å². The van der Waals surface area contributed by atoms with Gasteiger partial charge in [0, 0.05) is 17.8 Å². The van der Waals surface area contributed by atoms with Gasteiger partial charge in [0.1, 0.15) is 0 Å². The first kappa shape index (κ1) is 11.2. The van der Waals surface area contributed by atoms with Crippen LogP contribution in [0.15, 0.2) is 18.3 Å². The summed E-state index contributed by atoms with van der Waals surface area (Å²) in [6.45, 7) is -1.33. The quantitative estimate of drug-likeness (QED) is 0.866. The number of hydrogen-bond acceptors (Lipinski definition) is 3. The van der Waals surface area contributed by atoms with Crippen molar-refractivity contribution in [3.8, 4) is 5.88 Å². The lowest BCUT2D eigenvalue weighted by Gasteiger charge is -2.12. The Bertz CT molecular complexity index is 388. The summed E-state index contributed by atoms with van der Waals surface area (Å²) in [5.41, 5.74) is 6.30. The van der Waals surface area contributed by atoms with Crippen LogP contribution in [0.3, 0.4) is 0 Å². The highest BCUT2D eigenvalue weighted by Gasteiger charge is 2.40. The first-order valence-corrected chi connectivity index (χ1v) is 4.84. The molecule has 6 heteroatoms. The van der Waals surface area contributed by atoms with Crippen molar-refractivity contribution in [3.05, 3.63) is 23.9 Å².